The summed E-state index contributed by atoms with van der Waals surface area (Å²) in [5.74, 6) is 2.03. The van der Waals surface area contributed by atoms with E-state index >= 15 is 0 Å². The summed E-state index contributed by atoms with van der Waals surface area (Å²) in [5, 5.41) is 0. The van der Waals surface area contributed by atoms with Crippen LogP contribution in [0.3, 0.4) is 0 Å². The van der Waals surface area contributed by atoms with E-state index in [4.69, 9.17) is 0 Å². The molecule has 2 aromatic heterocycles. The number of nitrogens with zero attached hydrogens (tertiary/aromatic N) is 6. The zero-order valence-electron chi connectivity index (χ0n) is 17.6. The van der Waals surface area contributed by atoms with Crippen LogP contribution in [-0.2, 0) is 5.41 Å². The van der Waals surface area contributed by atoms with Gasteiger partial charge in [-0.1, -0.05) is 20.8 Å². The van der Waals surface area contributed by atoms with E-state index in [0.717, 1.165) is 48.7 Å². The molecule has 154 valence electrons. The molecule has 5 rings (SSSR count). The molecule has 3 aromatic rings. The lowest BCUT2D eigenvalue weighted by atomic mass is 9.92. The number of hydrogen-bond donors (Lipinski definition) is 0. The Balaban J connectivity index is 1.28. The van der Waals surface area contributed by atoms with E-state index in [1.807, 2.05) is 23.1 Å². The number of anilines is 1. The first kappa shape index (κ1) is 18.9. The van der Waals surface area contributed by atoms with Gasteiger partial charge in [0.05, 0.1) is 16.7 Å². The number of likely N-dealkylation sites (tertiary alicyclic amines) is 1. The summed E-state index contributed by atoms with van der Waals surface area (Å²) in [5.41, 5.74) is 3.31. The second kappa shape index (κ2) is 7.00. The third-order valence-electron chi connectivity index (χ3n) is 6.23. The van der Waals surface area contributed by atoms with Crippen LogP contribution in [0.4, 0.5) is 5.82 Å². The van der Waals surface area contributed by atoms with E-state index in [2.05, 4.69) is 51.7 Å². The first-order valence-electron chi connectivity index (χ1n) is 10.5. The highest BCUT2D eigenvalue weighted by atomic mass is 16.2. The third-order valence-corrected chi connectivity index (χ3v) is 6.23. The Kier molecular flexibility index (Phi) is 4.41. The zero-order valence-corrected chi connectivity index (χ0v) is 17.6. The number of carbonyl (C=O) groups is 1. The van der Waals surface area contributed by atoms with E-state index in [9.17, 15) is 4.79 Å². The highest BCUT2D eigenvalue weighted by molar-refractivity contribution is 5.97. The molecule has 0 bridgehead atoms. The van der Waals surface area contributed by atoms with Crippen LogP contribution >= 0.6 is 0 Å². The molecule has 0 N–H and O–H groups in total. The van der Waals surface area contributed by atoms with E-state index in [1.54, 1.807) is 18.7 Å². The predicted molar refractivity (Wildman–Crippen MR) is 115 cm³/mol. The number of hydrogen-bond acceptors (Lipinski definition) is 6. The van der Waals surface area contributed by atoms with Crippen LogP contribution in [0.2, 0.25) is 0 Å². The standard InChI is InChI=1S/C23H26N6O/c1-23(2,3)20-9-21(27-14-26-20)28-10-16-12-29(13-17(16)11-28)22(30)15-4-5-18-19(8-15)25-7-6-24-18/h4-9,14,16-17H,10-13H2,1-3H3. The van der Waals surface area contributed by atoms with Gasteiger partial charge in [0.2, 0.25) is 0 Å². The van der Waals surface area contributed by atoms with Crippen LogP contribution in [0.15, 0.2) is 43.0 Å². The van der Waals surface area contributed by atoms with Gasteiger partial charge < -0.3 is 9.80 Å². The molecular weight excluding hydrogens is 376 g/mol. The Hall–Kier alpha value is -3.09. The molecule has 7 nitrogen and oxygen atoms in total. The summed E-state index contributed by atoms with van der Waals surface area (Å²) in [7, 11) is 0. The smallest absolute Gasteiger partial charge is 0.253 e. The van der Waals surface area contributed by atoms with Crippen LogP contribution in [0.25, 0.3) is 11.0 Å². The van der Waals surface area contributed by atoms with Crippen LogP contribution in [0.1, 0.15) is 36.8 Å². The largest absolute Gasteiger partial charge is 0.356 e. The number of aromatic nitrogens is 4. The van der Waals surface area contributed by atoms with E-state index in [1.165, 1.54) is 0 Å². The molecule has 0 radical (unpaired) electrons. The van der Waals surface area contributed by atoms with E-state index in [-0.39, 0.29) is 11.3 Å². The molecule has 2 aliphatic heterocycles. The SMILES string of the molecule is CC(C)(C)c1cc(N2CC3CN(C(=O)c4ccc5nccnc5c4)CC3C2)ncn1. The third kappa shape index (κ3) is 3.38. The second-order valence-electron chi connectivity index (χ2n) is 9.41. The van der Waals surface area contributed by atoms with Crippen molar-refractivity contribution in [3.63, 3.8) is 0 Å². The lowest BCUT2D eigenvalue weighted by Crippen LogP contribution is -2.33. The molecule has 2 unspecified atom stereocenters. The van der Waals surface area contributed by atoms with Crippen molar-refractivity contribution in [3.8, 4) is 0 Å². The van der Waals surface area contributed by atoms with Crippen molar-refractivity contribution in [3.05, 3.63) is 54.2 Å². The van der Waals surface area contributed by atoms with Gasteiger partial charge in [-0.25, -0.2) is 9.97 Å². The van der Waals surface area contributed by atoms with Crippen LogP contribution in [0.5, 0.6) is 0 Å². The Morgan fingerprint density at radius 3 is 2.30 bits per heavy atom. The summed E-state index contributed by atoms with van der Waals surface area (Å²) < 4.78 is 0. The van der Waals surface area contributed by atoms with Crippen molar-refractivity contribution in [2.45, 2.75) is 26.2 Å². The molecule has 30 heavy (non-hydrogen) atoms. The fourth-order valence-corrected chi connectivity index (χ4v) is 4.56. The van der Waals surface area contributed by atoms with Crippen molar-refractivity contribution in [2.75, 3.05) is 31.1 Å². The molecule has 2 saturated heterocycles. The molecule has 1 aromatic carbocycles. The van der Waals surface area contributed by atoms with Gasteiger partial charge in [0.15, 0.2) is 0 Å². The molecular formula is C23H26N6O. The van der Waals surface area contributed by atoms with Gasteiger partial charge in [-0.2, -0.15) is 0 Å². The average Bonchev–Trinajstić information content (AvgIpc) is 3.32. The molecule has 2 aliphatic rings. The van der Waals surface area contributed by atoms with Crippen molar-refractivity contribution in [1.82, 2.24) is 24.8 Å². The number of benzene rings is 1. The van der Waals surface area contributed by atoms with E-state index < -0.39 is 0 Å². The highest BCUT2D eigenvalue weighted by Crippen LogP contribution is 2.34. The van der Waals surface area contributed by atoms with Crippen LogP contribution < -0.4 is 4.90 Å². The summed E-state index contributed by atoms with van der Waals surface area (Å²) in [6.07, 6.45) is 4.99. The maximum absolute atomic E-state index is 13.1. The first-order chi connectivity index (χ1) is 14.4. The summed E-state index contributed by atoms with van der Waals surface area (Å²) >= 11 is 0. The van der Waals surface area contributed by atoms with Crippen molar-refractivity contribution in [1.29, 1.82) is 0 Å². The van der Waals surface area contributed by atoms with Gasteiger partial charge in [-0.15, -0.1) is 0 Å². The first-order valence-corrected chi connectivity index (χ1v) is 10.5. The van der Waals surface area contributed by atoms with Gasteiger partial charge >= 0.3 is 0 Å². The minimum Gasteiger partial charge on any atom is -0.356 e. The number of fused-ring (bicyclic) bond motifs is 2. The quantitative estimate of drug-likeness (QED) is 0.656. The van der Waals surface area contributed by atoms with Gasteiger partial charge in [-0.05, 0) is 18.2 Å². The maximum atomic E-state index is 13.1. The minimum absolute atomic E-state index is 0.000731. The van der Waals surface area contributed by atoms with Gasteiger partial charge in [0.1, 0.15) is 12.1 Å². The topological polar surface area (TPSA) is 75.1 Å². The fraction of sp³-hybridized carbons (Fsp3) is 0.435. The van der Waals surface area contributed by atoms with Crippen LogP contribution in [0, 0.1) is 11.8 Å². The Morgan fingerprint density at radius 2 is 1.60 bits per heavy atom. The highest BCUT2D eigenvalue weighted by Gasteiger charge is 2.42. The molecule has 1 amide bonds. The average molecular weight is 403 g/mol. The molecule has 2 atom stereocenters. The number of rotatable bonds is 2. The fourth-order valence-electron chi connectivity index (χ4n) is 4.56. The summed E-state index contributed by atoms with van der Waals surface area (Å²) in [6.45, 7) is 9.93. The molecule has 0 spiro atoms. The molecule has 0 aliphatic carbocycles. The molecule has 4 heterocycles. The van der Waals surface area contributed by atoms with E-state index in [0.29, 0.717) is 17.4 Å². The number of amides is 1. The molecule has 0 saturated carbocycles. The monoisotopic (exact) mass is 402 g/mol. The Morgan fingerprint density at radius 1 is 0.900 bits per heavy atom. The Labute approximate surface area is 176 Å². The van der Waals surface area contributed by atoms with Crippen LogP contribution in [-0.4, -0.2) is 56.9 Å². The van der Waals surface area contributed by atoms with Crippen molar-refractivity contribution < 1.29 is 4.79 Å². The van der Waals surface area contributed by atoms with Gasteiger partial charge in [0, 0.05) is 67.5 Å². The van der Waals surface area contributed by atoms with Gasteiger partial charge in [0.25, 0.3) is 5.91 Å². The number of carbonyl (C=O) groups excluding carboxylic acids is 1. The summed E-state index contributed by atoms with van der Waals surface area (Å²) in [6, 6.07) is 7.69. The second-order valence-corrected chi connectivity index (χ2v) is 9.41. The van der Waals surface area contributed by atoms with Crippen molar-refractivity contribution in [2.24, 2.45) is 11.8 Å². The lowest BCUT2D eigenvalue weighted by Gasteiger charge is -2.24. The van der Waals surface area contributed by atoms with Gasteiger partial charge in [-0.3, -0.25) is 14.8 Å². The lowest BCUT2D eigenvalue weighted by molar-refractivity contribution is 0.0782. The van der Waals surface area contributed by atoms with Crippen molar-refractivity contribution >= 4 is 22.8 Å². The molecule has 2 fully saturated rings. The zero-order chi connectivity index (χ0) is 20.9. The maximum Gasteiger partial charge on any atom is 0.253 e. The molecule has 7 heteroatoms. The summed E-state index contributed by atoms with van der Waals surface area (Å²) in [4.78, 5) is 35.0. The normalized spacial score (nSPS) is 21.3. The Bertz CT molecular complexity index is 1090. The predicted octanol–water partition coefficient (Wildman–Crippen LogP) is 2.93. The minimum atomic E-state index is 0.000731.